The molecule has 1 saturated carbocycles. The molecule has 0 amide bonds. The van der Waals surface area contributed by atoms with Crippen LogP contribution in [-0.2, 0) is 36.5 Å². The Bertz CT molecular complexity index is 2330. The van der Waals surface area contributed by atoms with E-state index in [-0.39, 0.29) is 48.9 Å². The molecule has 1 aliphatic carbocycles. The first-order valence-electron chi connectivity index (χ1n) is 21.8. The van der Waals surface area contributed by atoms with Gasteiger partial charge in [-0.2, -0.15) is 13.2 Å². The molecule has 2 heterocycles. The fourth-order valence-electron chi connectivity index (χ4n) is 10.5. The average Bonchev–Trinajstić information content (AvgIpc) is 3.46. The second kappa shape index (κ2) is 18.9. The Morgan fingerprint density at radius 2 is 1.38 bits per heavy atom. The number of alkyl halides is 3. The summed E-state index contributed by atoms with van der Waals surface area (Å²) in [6.45, 7) is 32.3. The molecule has 6 rings (SSSR count). The van der Waals surface area contributed by atoms with E-state index >= 15 is 0 Å². The van der Waals surface area contributed by atoms with Gasteiger partial charge in [-0.25, -0.2) is 4.98 Å². The molecule has 1 radical (unpaired) electrons. The van der Waals surface area contributed by atoms with Crippen LogP contribution >= 0.6 is 11.3 Å². The molecule has 0 unspecified atom stereocenters. The summed E-state index contributed by atoms with van der Waals surface area (Å²) in [6, 6.07) is 16.1. The van der Waals surface area contributed by atoms with Crippen molar-refractivity contribution < 1.29 is 43.2 Å². The van der Waals surface area contributed by atoms with E-state index < -0.39 is 11.7 Å². The molecule has 5 aromatic rings. The third-order valence-corrected chi connectivity index (χ3v) is 13.5. The number of benzene rings is 3. The fraction of sp³-hybridized carbons (Fsp3) is 0.558. The Kier molecular flexibility index (Phi) is 15.7. The smallest absolute Gasteiger partial charge is 0.409 e. The first kappa shape index (κ1) is 50.5. The van der Waals surface area contributed by atoms with E-state index in [1.54, 1.807) is 23.7 Å². The fourth-order valence-corrected chi connectivity index (χ4v) is 11.8. The Labute approximate surface area is 381 Å². The zero-order valence-electron chi connectivity index (χ0n) is 39.0. The van der Waals surface area contributed by atoms with Gasteiger partial charge in [-0.05, 0) is 76.7 Å². The number of allylic oxidation sites excluding steroid dienone is 2. The molecule has 0 saturated heterocycles. The van der Waals surface area contributed by atoms with Gasteiger partial charge < -0.3 is 5.11 Å². The van der Waals surface area contributed by atoms with E-state index in [0.29, 0.717) is 57.1 Å². The maximum Gasteiger partial charge on any atom is 0.409 e. The molecule has 4 nitrogen and oxygen atoms in total. The van der Waals surface area contributed by atoms with Crippen LogP contribution in [0, 0.1) is 52.4 Å². The van der Waals surface area contributed by atoms with Crippen molar-refractivity contribution in [1.29, 1.82) is 0 Å². The maximum absolute atomic E-state index is 13.6. The van der Waals surface area contributed by atoms with Crippen molar-refractivity contribution in [3.63, 3.8) is 0 Å². The molecule has 0 atom stereocenters. The van der Waals surface area contributed by atoms with E-state index in [2.05, 4.69) is 138 Å². The number of thiophene rings is 1. The Morgan fingerprint density at radius 3 is 1.90 bits per heavy atom. The van der Waals surface area contributed by atoms with Crippen molar-refractivity contribution in [1.82, 2.24) is 9.97 Å². The summed E-state index contributed by atoms with van der Waals surface area (Å²) < 4.78 is 43.0. The van der Waals surface area contributed by atoms with Crippen molar-refractivity contribution in [3.05, 3.63) is 83.4 Å². The van der Waals surface area contributed by atoms with Gasteiger partial charge >= 0.3 is 6.18 Å². The van der Waals surface area contributed by atoms with Crippen LogP contribution in [0.15, 0.2) is 60.6 Å². The first-order valence-corrected chi connectivity index (χ1v) is 22.6. The van der Waals surface area contributed by atoms with Crippen LogP contribution in [0.25, 0.3) is 42.3 Å². The Morgan fingerprint density at radius 1 is 0.820 bits per heavy atom. The summed E-state index contributed by atoms with van der Waals surface area (Å²) in [7, 11) is 0. The number of carbonyl (C=O) groups excluding carboxylic acids is 1. The van der Waals surface area contributed by atoms with E-state index in [1.807, 2.05) is 6.07 Å². The Hall–Kier alpha value is -3.13. The van der Waals surface area contributed by atoms with Crippen molar-refractivity contribution in [2.75, 3.05) is 0 Å². The normalized spacial score (nSPS) is 16.4. The van der Waals surface area contributed by atoms with E-state index in [9.17, 15) is 23.1 Å². The molecule has 0 aliphatic heterocycles. The minimum absolute atomic E-state index is 0. The standard InChI is InChI=1S/C35H36F3N2S.C17H32O2.Ir/c1-32(2,3)27-14-22(12-21-13-24(35(36,37)38)9-11-25(21)27)29-31-30(40-19-39-29)26-10-8-20(15-28(26)41-31)23-16-33(4,5)18-34(6,7)17-23;1-10(2)16(11(3)4)14(18)9-15(19)17(12(5)6)13(7)8;/h8-11,13-15,19,23H,16-18H2,1-7H3;9-13,16-18H,1-8H3;/q-1;;/b;14-9-;. The second-order valence-electron chi connectivity index (χ2n) is 21.5. The van der Waals surface area contributed by atoms with Crippen molar-refractivity contribution in [3.8, 4) is 11.3 Å². The SMILES string of the molecule is CC(C)C(C(=O)/C=C(\O)C(C(C)C)C(C)C)C(C)C.CC1(C)CC(c2ccc3c(c2)sc2c(-c4[c-]c5cc(C(F)(F)F)ccc5c(C(C)(C)C)c4)ncnc23)CC(C)(C)C1.[Ir]. The second-order valence-corrected chi connectivity index (χ2v) is 22.5. The maximum atomic E-state index is 13.6. The number of nitrogens with zero attached hydrogens (tertiary/aromatic N) is 2. The summed E-state index contributed by atoms with van der Waals surface area (Å²) in [4.78, 5) is 21.7. The molecule has 1 fully saturated rings. The predicted octanol–water partition coefficient (Wildman–Crippen LogP) is 16.0. The number of hydrogen-bond donors (Lipinski definition) is 1. The third-order valence-electron chi connectivity index (χ3n) is 12.4. The van der Waals surface area contributed by atoms with Crippen LogP contribution < -0.4 is 0 Å². The summed E-state index contributed by atoms with van der Waals surface area (Å²) in [5.74, 6) is 2.13. The zero-order chi connectivity index (χ0) is 44.9. The molecular formula is C52H68F3IrN2O2S-. The summed E-state index contributed by atoms with van der Waals surface area (Å²) in [5.41, 5.74) is 4.24. The summed E-state index contributed by atoms with van der Waals surface area (Å²) >= 11 is 1.66. The molecule has 9 heteroatoms. The zero-order valence-corrected chi connectivity index (χ0v) is 42.2. The summed E-state index contributed by atoms with van der Waals surface area (Å²) in [5, 5.41) is 12.6. The molecule has 0 spiro atoms. The van der Waals surface area contributed by atoms with Crippen molar-refractivity contribution in [2.45, 2.75) is 141 Å². The number of halogens is 3. The van der Waals surface area contributed by atoms with Gasteiger partial charge in [0.2, 0.25) is 0 Å². The minimum Gasteiger partial charge on any atom is -0.512 e. The monoisotopic (exact) mass is 1030 g/mol. The van der Waals surface area contributed by atoms with E-state index in [0.717, 1.165) is 37.3 Å². The van der Waals surface area contributed by atoms with Crippen LogP contribution in [0.5, 0.6) is 0 Å². The van der Waals surface area contributed by atoms with Gasteiger partial charge in [0.1, 0.15) is 6.33 Å². The van der Waals surface area contributed by atoms with Gasteiger partial charge in [-0.15, -0.1) is 40.5 Å². The van der Waals surface area contributed by atoms with Crippen molar-refractivity contribution in [2.24, 2.45) is 46.3 Å². The number of carbonyl (C=O) groups is 1. The first-order chi connectivity index (χ1) is 27.6. The Balaban J connectivity index is 0.000000349. The third kappa shape index (κ3) is 11.7. The molecular weight excluding hydrogens is 966 g/mol. The van der Waals surface area contributed by atoms with Gasteiger partial charge in [-0.3, -0.25) is 9.78 Å². The molecule has 335 valence electrons. The topological polar surface area (TPSA) is 63.1 Å². The van der Waals surface area contributed by atoms with Gasteiger partial charge in [0, 0.05) is 64.1 Å². The molecule has 3 aromatic carbocycles. The largest absolute Gasteiger partial charge is 0.512 e. The van der Waals surface area contributed by atoms with Crippen LogP contribution in [-0.4, -0.2) is 20.9 Å². The van der Waals surface area contributed by atoms with Gasteiger partial charge in [0.05, 0.1) is 11.3 Å². The molecule has 61 heavy (non-hydrogen) atoms. The number of ketones is 1. The number of aliphatic hydroxyl groups is 1. The van der Waals surface area contributed by atoms with Crippen molar-refractivity contribution >= 4 is 48.2 Å². The van der Waals surface area contributed by atoms with Gasteiger partial charge in [-0.1, -0.05) is 139 Å². The number of rotatable bonds is 9. The van der Waals surface area contributed by atoms with E-state index in [4.69, 9.17) is 0 Å². The van der Waals surface area contributed by atoms with Crippen LogP contribution in [0.1, 0.15) is 146 Å². The number of fused-ring (bicyclic) bond motifs is 4. The van der Waals surface area contributed by atoms with Crippen LogP contribution in [0.2, 0.25) is 0 Å². The number of hydrogen-bond acceptors (Lipinski definition) is 5. The molecule has 2 aromatic heterocycles. The quantitative estimate of drug-likeness (QED) is 0.0908. The van der Waals surface area contributed by atoms with Gasteiger partial charge in [0.25, 0.3) is 0 Å². The number of aliphatic hydroxyl groups excluding tert-OH is 1. The average molecular weight is 1030 g/mol. The predicted molar refractivity (Wildman–Crippen MR) is 247 cm³/mol. The summed E-state index contributed by atoms with van der Waals surface area (Å²) in [6.07, 6.45) is 2.18. The van der Waals surface area contributed by atoms with Gasteiger partial charge in [0.15, 0.2) is 5.78 Å². The number of aromatic nitrogens is 2. The molecule has 1 N–H and O–H groups in total. The minimum atomic E-state index is -4.42. The van der Waals surface area contributed by atoms with Crippen LogP contribution in [0.3, 0.4) is 0 Å². The van der Waals surface area contributed by atoms with E-state index in [1.165, 1.54) is 37.0 Å². The van der Waals surface area contributed by atoms with Crippen LogP contribution in [0.4, 0.5) is 13.2 Å². The molecule has 0 bridgehead atoms. The molecule has 1 aliphatic rings.